The second-order valence-corrected chi connectivity index (χ2v) is 5.78. The summed E-state index contributed by atoms with van der Waals surface area (Å²) in [5.74, 6) is -0.211. The van der Waals surface area contributed by atoms with Crippen molar-refractivity contribution in [2.24, 2.45) is 0 Å². The molecule has 0 saturated carbocycles. The molecular weight excluding hydrogens is 302 g/mol. The minimum atomic E-state index is -0.139. The van der Waals surface area contributed by atoms with Crippen molar-refractivity contribution < 1.29 is 14.5 Å². The summed E-state index contributed by atoms with van der Waals surface area (Å²) in [6.07, 6.45) is 0. The van der Waals surface area contributed by atoms with Crippen molar-refractivity contribution in [3.63, 3.8) is 0 Å². The molecule has 24 heavy (non-hydrogen) atoms. The van der Waals surface area contributed by atoms with E-state index in [1.807, 2.05) is 32.2 Å². The molecule has 2 aromatic carbocycles. The van der Waals surface area contributed by atoms with Crippen LogP contribution in [0.5, 0.6) is 0 Å². The number of carbonyl (C=O) groups is 2. The van der Waals surface area contributed by atoms with E-state index in [2.05, 4.69) is 22.8 Å². The largest absolute Gasteiger partial charge is 0.352 e. The SMILES string of the molecule is CCNC(=O)c1cccc(NC(=O)C[NH+](C)Cc2ccccc2)c1. The number of quaternary nitrogens is 1. The van der Waals surface area contributed by atoms with Gasteiger partial charge in [0.1, 0.15) is 6.54 Å². The van der Waals surface area contributed by atoms with Crippen molar-refractivity contribution in [3.8, 4) is 0 Å². The minimum absolute atomic E-state index is 0.0727. The van der Waals surface area contributed by atoms with Crippen LogP contribution in [0.1, 0.15) is 22.8 Å². The van der Waals surface area contributed by atoms with E-state index in [-0.39, 0.29) is 11.8 Å². The maximum atomic E-state index is 12.2. The van der Waals surface area contributed by atoms with Crippen LogP contribution in [0.2, 0.25) is 0 Å². The number of nitrogens with one attached hydrogen (secondary N) is 3. The summed E-state index contributed by atoms with van der Waals surface area (Å²) in [6, 6.07) is 17.0. The molecule has 0 aliphatic heterocycles. The first-order chi connectivity index (χ1) is 11.6. The van der Waals surface area contributed by atoms with E-state index in [1.165, 1.54) is 5.56 Å². The van der Waals surface area contributed by atoms with Crippen LogP contribution in [0.25, 0.3) is 0 Å². The lowest BCUT2D eigenvalue weighted by atomic mass is 10.2. The first-order valence-electron chi connectivity index (χ1n) is 8.12. The standard InChI is InChI=1S/C19H23N3O2/c1-3-20-19(24)16-10-7-11-17(12-16)21-18(23)14-22(2)13-15-8-5-4-6-9-15/h4-12H,3,13-14H2,1-2H3,(H,20,24)(H,21,23)/p+1. The van der Waals surface area contributed by atoms with E-state index in [0.717, 1.165) is 11.4 Å². The molecule has 2 rings (SSSR count). The normalized spacial score (nSPS) is 11.6. The lowest BCUT2D eigenvalue weighted by Crippen LogP contribution is -3.08. The fourth-order valence-electron chi connectivity index (χ4n) is 2.49. The molecule has 0 aliphatic carbocycles. The van der Waals surface area contributed by atoms with Gasteiger partial charge in [0.25, 0.3) is 11.8 Å². The Morgan fingerprint density at radius 3 is 2.50 bits per heavy atom. The molecule has 1 unspecified atom stereocenters. The Morgan fingerprint density at radius 2 is 1.79 bits per heavy atom. The summed E-state index contributed by atoms with van der Waals surface area (Å²) in [4.78, 5) is 25.1. The second kappa shape index (κ2) is 8.84. The van der Waals surface area contributed by atoms with Crippen LogP contribution < -0.4 is 15.5 Å². The Labute approximate surface area is 142 Å². The number of likely N-dealkylation sites (N-methyl/N-ethyl adjacent to an activating group) is 1. The Balaban J connectivity index is 1.90. The minimum Gasteiger partial charge on any atom is -0.352 e. The fraction of sp³-hybridized carbons (Fsp3) is 0.263. The molecule has 0 heterocycles. The molecule has 0 aliphatic rings. The molecule has 0 fully saturated rings. The van der Waals surface area contributed by atoms with Gasteiger partial charge in [0.2, 0.25) is 0 Å². The number of hydrogen-bond donors (Lipinski definition) is 3. The van der Waals surface area contributed by atoms with Gasteiger partial charge in [-0.1, -0.05) is 36.4 Å². The van der Waals surface area contributed by atoms with Crippen molar-refractivity contribution >= 4 is 17.5 Å². The number of anilines is 1. The molecule has 5 nitrogen and oxygen atoms in total. The number of benzene rings is 2. The molecule has 0 bridgehead atoms. The third-order valence-corrected chi connectivity index (χ3v) is 3.56. The van der Waals surface area contributed by atoms with Gasteiger partial charge < -0.3 is 15.5 Å². The van der Waals surface area contributed by atoms with Crippen molar-refractivity contribution in [2.75, 3.05) is 25.5 Å². The van der Waals surface area contributed by atoms with E-state index in [9.17, 15) is 9.59 Å². The lowest BCUT2D eigenvalue weighted by molar-refractivity contribution is -0.885. The van der Waals surface area contributed by atoms with E-state index >= 15 is 0 Å². The van der Waals surface area contributed by atoms with Crippen LogP contribution in [-0.2, 0) is 11.3 Å². The van der Waals surface area contributed by atoms with Gasteiger partial charge in [0, 0.05) is 23.4 Å². The number of hydrogen-bond acceptors (Lipinski definition) is 2. The zero-order valence-corrected chi connectivity index (χ0v) is 14.1. The summed E-state index contributed by atoms with van der Waals surface area (Å²) in [6.45, 7) is 3.59. The van der Waals surface area contributed by atoms with Crippen LogP contribution in [0.3, 0.4) is 0 Å². The molecule has 5 heteroatoms. The zero-order chi connectivity index (χ0) is 17.4. The van der Waals surface area contributed by atoms with Crippen LogP contribution in [0.4, 0.5) is 5.69 Å². The molecular formula is C19H24N3O2+. The van der Waals surface area contributed by atoms with E-state index < -0.39 is 0 Å². The van der Waals surface area contributed by atoms with Crippen molar-refractivity contribution in [2.45, 2.75) is 13.5 Å². The van der Waals surface area contributed by atoms with Gasteiger partial charge in [-0.05, 0) is 25.1 Å². The number of amides is 2. The van der Waals surface area contributed by atoms with Gasteiger partial charge >= 0.3 is 0 Å². The highest BCUT2D eigenvalue weighted by atomic mass is 16.2. The Morgan fingerprint density at radius 1 is 1.04 bits per heavy atom. The third kappa shape index (κ3) is 5.52. The van der Waals surface area contributed by atoms with Crippen LogP contribution in [-0.4, -0.2) is 32.0 Å². The molecule has 126 valence electrons. The van der Waals surface area contributed by atoms with Gasteiger partial charge in [0.05, 0.1) is 7.05 Å². The van der Waals surface area contributed by atoms with E-state index in [4.69, 9.17) is 0 Å². The van der Waals surface area contributed by atoms with Crippen molar-refractivity contribution in [1.82, 2.24) is 5.32 Å². The number of rotatable bonds is 7. The summed E-state index contributed by atoms with van der Waals surface area (Å²) in [7, 11) is 1.98. The predicted octanol–water partition coefficient (Wildman–Crippen LogP) is 1.09. The predicted molar refractivity (Wildman–Crippen MR) is 95.0 cm³/mol. The molecule has 0 saturated heterocycles. The topological polar surface area (TPSA) is 62.6 Å². The molecule has 0 aromatic heterocycles. The highest BCUT2D eigenvalue weighted by Crippen LogP contribution is 2.10. The highest BCUT2D eigenvalue weighted by molar-refractivity contribution is 5.97. The quantitative estimate of drug-likeness (QED) is 0.713. The molecule has 0 spiro atoms. The molecule has 3 N–H and O–H groups in total. The summed E-state index contributed by atoms with van der Waals surface area (Å²) < 4.78 is 0. The maximum absolute atomic E-state index is 12.2. The van der Waals surface area contributed by atoms with Crippen LogP contribution in [0, 0.1) is 0 Å². The van der Waals surface area contributed by atoms with Gasteiger partial charge in [-0.15, -0.1) is 0 Å². The lowest BCUT2D eigenvalue weighted by Gasteiger charge is -2.14. The molecule has 2 aromatic rings. The zero-order valence-electron chi connectivity index (χ0n) is 14.1. The first-order valence-corrected chi connectivity index (χ1v) is 8.12. The van der Waals surface area contributed by atoms with Crippen LogP contribution in [0.15, 0.2) is 54.6 Å². The van der Waals surface area contributed by atoms with Gasteiger partial charge in [-0.2, -0.15) is 0 Å². The van der Waals surface area contributed by atoms with E-state index in [1.54, 1.807) is 24.3 Å². The van der Waals surface area contributed by atoms with E-state index in [0.29, 0.717) is 24.3 Å². The van der Waals surface area contributed by atoms with Crippen molar-refractivity contribution in [3.05, 3.63) is 65.7 Å². The Kier molecular flexibility index (Phi) is 6.51. The average Bonchev–Trinajstić information content (AvgIpc) is 2.56. The van der Waals surface area contributed by atoms with Gasteiger partial charge in [-0.25, -0.2) is 0 Å². The Bertz CT molecular complexity index is 686. The monoisotopic (exact) mass is 326 g/mol. The van der Waals surface area contributed by atoms with Gasteiger partial charge in [0.15, 0.2) is 6.54 Å². The number of carbonyl (C=O) groups excluding carboxylic acids is 2. The van der Waals surface area contributed by atoms with Gasteiger partial charge in [-0.3, -0.25) is 9.59 Å². The highest BCUT2D eigenvalue weighted by Gasteiger charge is 2.12. The Hall–Kier alpha value is -2.66. The smallest absolute Gasteiger partial charge is 0.279 e. The summed E-state index contributed by atoms with van der Waals surface area (Å²) in [5.41, 5.74) is 2.37. The average molecular weight is 326 g/mol. The maximum Gasteiger partial charge on any atom is 0.279 e. The second-order valence-electron chi connectivity index (χ2n) is 5.78. The third-order valence-electron chi connectivity index (χ3n) is 3.56. The molecule has 2 amide bonds. The van der Waals surface area contributed by atoms with Crippen LogP contribution >= 0.6 is 0 Å². The first kappa shape index (κ1) is 17.7. The summed E-state index contributed by atoms with van der Waals surface area (Å²) in [5, 5.41) is 5.60. The fourth-order valence-corrected chi connectivity index (χ4v) is 2.49. The van der Waals surface area contributed by atoms with Crippen molar-refractivity contribution in [1.29, 1.82) is 0 Å². The molecule has 0 radical (unpaired) electrons. The molecule has 1 atom stereocenters. The summed E-state index contributed by atoms with van der Waals surface area (Å²) >= 11 is 0.